The van der Waals surface area contributed by atoms with Gasteiger partial charge in [-0.05, 0) is 49.2 Å². The molecule has 3 aromatic rings. The van der Waals surface area contributed by atoms with Crippen molar-refractivity contribution in [3.63, 3.8) is 0 Å². The van der Waals surface area contributed by atoms with Crippen LogP contribution in [0.1, 0.15) is 10.4 Å². The van der Waals surface area contributed by atoms with Gasteiger partial charge in [0.25, 0.3) is 0 Å². The van der Waals surface area contributed by atoms with E-state index in [0.717, 1.165) is 20.7 Å². The Balaban J connectivity index is 2.12. The molecule has 6 heteroatoms. The summed E-state index contributed by atoms with van der Waals surface area (Å²) >= 11 is 13.6. The minimum absolute atomic E-state index is 0.165. The number of fused-ring (bicyclic) bond motifs is 1. The van der Waals surface area contributed by atoms with E-state index >= 15 is 0 Å². The van der Waals surface area contributed by atoms with Gasteiger partial charge in [0.15, 0.2) is 0 Å². The van der Waals surface area contributed by atoms with Crippen molar-refractivity contribution >= 4 is 44.8 Å². The number of nitrogens with zero attached hydrogens (tertiary/aromatic N) is 2. The largest absolute Gasteiger partial charge is 0.437 e. The van der Waals surface area contributed by atoms with Crippen molar-refractivity contribution in [1.29, 1.82) is 0 Å². The number of benzene rings is 1. The Morgan fingerprint density at radius 3 is 2.70 bits per heavy atom. The summed E-state index contributed by atoms with van der Waals surface area (Å²) < 4.78 is 5.84. The van der Waals surface area contributed by atoms with E-state index < -0.39 is 0 Å². The molecular weight excluding hydrogens is 315 g/mol. The predicted molar refractivity (Wildman–Crippen MR) is 83.4 cm³/mol. The molecule has 0 radical (unpaired) electrons. The molecule has 20 heavy (non-hydrogen) atoms. The summed E-state index contributed by atoms with van der Waals surface area (Å²) in [5.41, 5.74) is 1.06. The smallest absolute Gasteiger partial charge is 0.232 e. The molecule has 0 aliphatic rings. The van der Waals surface area contributed by atoms with Crippen molar-refractivity contribution < 1.29 is 4.74 Å². The van der Waals surface area contributed by atoms with E-state index in [9.17, 15) is 0 Å². The van der Waals surface area contributed by atoms with Gasteiger partial charge in [-0.25, -0.2) is 4.98 Å². The Kier molecular flexibility index (Phi) is 3.54. The molecule has 0 unspecified atom stereocenters. The Morgan fingerprint density at radius 1 is 1.10 bits per heavy atom. The van der Waals surface area contributed by atoms with Gasteiger partial charge in [0.2, 0.25) is 11.2 Å². The quantitative estimate of drug-likeness (QED) is 0.591. The monoisotopic (exact) mass is 324 g/mol. The van der Waals surface area contributed by atoms with E-state index in [-0.39, 0.29) is 5.28 Å². The highest BCUT2D eigenvalue weighted by atomic mass is 35.5. The first kappa shape index (κ1) is 13.6. The van der Waals surface area contributed by atoms with Crippen LogP contribution in [0.15, 0.2) is 24.3 Å². The molecular formula is C14H10Cl2N2OS. The molecule has 1 aromatic carbocycles. The molecule has 0 aliphatic heterocycles. The van der Waals surface area contributed by atoms with Gasteiger partial charge in [-0.2, -0.15) is 4.98 Å². The Hall–Kier alpha value is -1.36. The summed E-state index contributed by atoms with van der Waals surface area (Å²) in [6.45, 7) is 3.98. The highest BCUT2D eigenvalue weighted by Crippen LogP contribution is 2.36. The second-order valence-electron chi connectivity index (χ2n) is 4.41. The lowest BCUT2D eigenvalue weighted by atomic mass is 10.2. The maximum absolute atomic E-state index is 6.14. The summed E-state index contributed by atoms with van der Waals surface area (Å²) in [5.74, 6) is 0.989. The SMILES string of the molecule is Cc1ccc(Cl)c(Oc2nc(Cl)nc3sc(C)cc23)c1. The highest BCUT2D eigenvalue weighted by molar-refractivity contribution is 7.18. The number of halogens is 2. The fraction of sp³-hybridized carbons (Fsp3) is 0.143. The van der Waals surface area contributed by atoms with Crippen molar-refractivity contribution in [3.8, 4) is 11.6 Å². The predicted octanol–water partition coefficient (Wildman–Crippen LogP) is 5.41. The van der Waals surface area contributed by atoms with E-state index in [0.29, 0.717) is 16.7 Å². The number of hydrogen-bond acceptors (Lipinski definition) is 4. The summed E-state index contributed by atoms with van der Waals surface area (Å²) in [4.78, 5) is 10.3. The third kappa shape index (κ3) is 2.59. The van der Waals surface area contributed by atoms with Gasteiger partial charge in [0.05, 0.1) is 10.4 Å². The molecule has 0 atom stereocenters. The van der Waals surface area contributed by atoms with Crippen LogP contribution in [0.5, 0.6) is 11.6 Å². The van der Waals surface area contributed by atoms with Crippen LogP contribution in [0.25, 0.3) is 10.2 Å². The van der Waals surface area contributed by atoms with Gasteiger partial charge in [-0.3, -0.25) is 0 Å². The minimum Gasteiger partial charge on any atom is -0.437 e. The lowest BCUT2D eigenvalue weighted by molar-refractivity contribution is 0.468. The lowest BCUT2D eigenvalue weighted by Gasteiger charge is -2.08. The number of thiophene rings is 1. The zero-order valence-electron chi connectivity index (χ0n) is 10.8. The Labute approximate surface area is 130 Å². The first-order valence-corrected chi connectivity index (χ1v) is 7.48. The van der Waals surface area contributed by atoms with Gasteiger partial charge in [0.1, 0.15) is 10.6 Å². The molecule has 0 saturated heterocycles. The fourth-order valence-electron chi connectivity index (χ4n) is 1.86. The van der Waals surface area contributed by atoms with Gasteiger partial charge >= 0.3 is 0 Å². The van der Waals surface area contributed by atoms with Crippen LogP contribution in [0.4, 0.5) is 0 Å². The van der Waals surface area contributed by atoms with Gasteiger partial charge in [-0.15, -0.1) is 11.3 Å². The average molecular weight is 325 g/mol. The van der Waals surface area contributed by atoms with Crippen LogP contribution >= 0.6 is 34.5 Å². The number of aryl methyl sites for hydroxylation is 2. The lowest BCUT2D eigenvalue weighted by Crippen LogP contribution is -1.92. The molecule has 0 aliphatic carbocycles. The molecule has 0 fully saturated rings. The van der Waals surface area contributed by atoms with Crippen molar-refractivity contribution in [2.24, 2.45) is 0 Å². The van der Waals surface area contributed by atoms with Crippen LogP contribution in [-0.4, -0.2) is 9.97 Å². The molecule has 2 heterocycles. The molecule has 3 rings (SSSR count). The topological polar surface area (TPSA) is 35.0 Å². The van der Waals surface area contributed by atoms with E-state index in [2.05, 4.69) is 9.97 Å². The zero-order valence-corrected chi connectivity index (χ0v) is 13.1. The van der Waals surface area contributed by atoms with Crippen LogP contribution in [-0.2, 0) is 0 Å². The molecule has 0 spiro atoms. The third-order valence-electron chi connectivity index (χ3n) is 2.75. The van der Waals surface area contributed by atoms with Gasteiger partial charge in [-0.1, -0.05) is 17.7 Å². The minimum atomic E-state index is 0.165. The number of hydrogen-bond donors (Lipinski definition) is 0. The van der Waals surface area contributed by atoms with Crippen LogP contribution in [0.3, 0.4) is 0 Å². The van der Waals surface area contributed by atoms with Crippen molar-refractivity contribution in [1.82, 2.24) is 9.97 Å². The second kappa shape index (κ2) is 5.20. The Bertz CT molecular complexity index is 801. The summed E-state index contributed by atoms with van der Waals surface area (Å²) in [6, 6.07) is 7.57. The van der Waals surface area contributed by atoms with Crippen LogP contribution in [0.2, 0.25) is 10.3 Å². The third-order valence-corrected chi connectivity index (χ3v) is 4.17. The molecule has 2 aromatic heterocycles. The molecule has 102 valence electrons. The molecule has 0 amide bonds. The first-order valence-electron chi connectivity index (χ1n) is 5.90. The fourth-order valence-corrected chi connectivity index (χ4v) is 3.10. The van der Waals surface area contributed by atoms with Gasteiger partial charge in [0, 0.05) is 4.88 Å². The number of aromatic nitrogens is 2. The summed E-state index contributed by atoms with van der Waals surface area (Å²) in [6.07, 6.45) is 0. The summed E-state index contributed by atoms with van der Waals surface area (Å²) in [7, 11) is 0. The zero-order chi connectivity index (χ0) is 14.3. The second-order valence-corrected chi connectivity index (χ2v) is 6.39. The van der Waals surface area contributed by atoms with Crippen molar-refractivity contribution in [2.75, 3.05) is 0 Å². The van der Waals surface area contributed by atoms with E-state index in [1.165, 1.54) is 0 Å². The van der Waals surface area contributed by atoms with E-state index in [1.807, 2.05) is 32.0 Å². The van der Waals surface area contributed by atoms with E-state index in [1.54, 1.807) is 17.4 Å². The number of rotatable bonds is 2. The molecule has 0 bridgehead atoms. The average Bonchev–Trinajstić information content (AvgIpc) is 2.74. The first-order chi connectivity index (χ1) is 9.52. The van der Waals surface area contributed by atoms with Crippen LogP contribution in [0, 0.1) is 13.8 Å². The summed E-state index contributed by atoms with van der Waals surface area (Å²) in [5, 5.41) is 1.54. The number of ether oxygens (including phenoxy) is 1. The molecule has 0 saturated carbocycles. The Morgan fingerprint density at radius 2 is 1.90 bits per heavy atom. The van der Waals surface area contributed by atoms with Gasteiger partial charge < -0.3 is 4.74 Å². The standard InChI is InChI=1S/C14H10Cl2N2OS/c1-7-3-4-10(15)11(5-7)19-12-9-6-8(2)20-13(9)18-14(16)17-12/h3-6H,1-2H3. The maximum atomic E-state index is 6.14. The normalized spacial score (nSPS) is 11.0. The molecule has 0 N–H and O–H groups in total. The van der Waals surface area contributed by atoms with Crippen molar-refractivity contribution in [3.05, 3.63) is 45.0 Å². The molecule has 3 nitrogen and oxygen atoms in total. The maximum Gasteiger partial charge on any atom is 0.232 e. The van der Waals surface area contributed by atoms with Crippen LogP contribution < -0.4 is 4.74 Å². The van der Waals surface area contributed by atoms with Crippen molar-refractivity contribution in [2.45, 2.75) is 13.8 Å². The van der Waals surface area contributed by atoms with E-state index in [4.69, 9.17) is 27.9 Å². The highest BCUT2D eigenvalue weighted by Gasteiger charge is 2.13.